The van der Waals surface area contributed by atoms with Crippen molar-refractivity contribution < 1.29 is 18.3 Å². The number of pyridine rings is 1. The maximum Gasteiger partial charge on any atom is 0.334 e. The molecule has 36 heavy (non-hydrogen) atoms. The molecule has 1 aliphatic heterocycles. The van der Waals surface area contributed by atoms with Gasteiger partial charge in [-0.05, 0) is 48.9 Å². The molecule has 2 aromatic heterocycles. The Hall–Kier alpha value is -3.98. The second-order valence-electron chi connectivity index (χ2n) is 8.42. The third kappa shape index (κ3) is 4.26. The van der Waals surface area contributed by atoms with Crippen molar-refractivity contribution in [3.8, 4) is 11.4 Å². The molecule has 0 aliphatic carbocycles. The van der Waals surface area contributed by atoms with E-state index >= 15 is 0 Å². The number of halogens is 3. The molecule has 1 saturated heterocycles. The van der Waals surface area contributed by atoms with Crippen molar-refractivity contribution in [2.24, 2.45) is 0 Å². The van der Waals surface area contributed by atoms with Crippen LogP contribution < -0.4 is 10.4 Å². The Balaban J connectivity index is 1.47. The van der Waals surface area contributed by atoms with Crippen molar-refractivity contribution in [3.63, 3.8) is 0 Å². The van der Waals surface area contributed by atoms with E-state index in [-0.39, 0.29) is 40.6 Å². The second-order valence-corrected chi connectivity index (χ2v) is 8.83. The van der Waals surface area contributed by atoms with Gasteiger partial charge in [0, 0.05) is 30.9 Å². The number of amides is 1. The minimum absolute atomic E-state index is 0.143. The first-order chi connectivity index (χ1) is 17.4. The maximum absolute atomic E-state index is 13.9. The van der Waals surface area contributed by atoms with Crippen LogP contribution in [0.25, 0.3) is 16.7 Å². The number of aromatic nitrogens is 3. The number of benzene rings is 2. The molecule has 2 aromatic carbocycles. The van der Waals surface area contributed by atoms with Gasteiger partial charge in [-0.15, -0.1) is 0 Å². The summed E-state index contributed by atoms with van der Waals surface area (Å²) < 4.78 is 35.9. The van der Waals surface area contributed by atoms with Gasteiger partial charge < -0.3 is 9.64 Å². The normalized spacial score (nSPS) is 15.4. The first-order valence-electron chi connectivity index (χ1n) is 11.2. The molecule has 1 fully saturated rings. The molecule has 0 spiro atoms. The topological polar surface area (TPSA) is 69.4 Å². The summed E-state index contributed by atoms with van der Waals surface area (Å²) in [4.78, 5) is 31.5. The van der Waals surface area contributed by atoms with E-state index in [9.17, 15) is 18.4 Å². The number of nitrogens with zero attached hydrogens (tertiary/aromatic N) is 4. The lowest BCUT2D eigenvalue weighted by molar-refractivity contribution is -0.125. The highest BCUT2D eigenvalue weighted by molar-refractivity contribution is 6.32. The number of hydrogen-bond acceptors (Lipinski definition) is 4. The van der Waals surface area contributed by atoms with Crippen LogP contribution in [0.5, 0.6) is 5.75 Å². The summed E-state index contributed by atoms with van der Waals surface area (Å²) in [7, 11) is 0. The number of imidazole rings is 1. The molecule has 0 bridgehead atoms. The molecule has 1 atom stereocenters. The molecule has 5 rings (SSSR count). The number of likely N-dealkylation sites (tertiary alicyclic amines) is 1. The molecule has 0 N–H and O–H groups in total. The summed E-state index contributed by atoms with van der Waals surface area (Å²) in [5, 5.41) is 0.218. The van der Waals surface area contributed by atoms with Crippen LogP contribution in [0, 0.1) is 11.6 Å². The Morgan fingerprint density at radius 1 is 1.19 bits per heavy atom. The highest BCUT2D eigenvalue weighted by atomic mass is 35.5. The van der Waals surface area contributed by atoms with Crippen molar-refractivity contribution >= 4 is 28.5 Å². The summed E-state index contributed by atoms with van der Waals surface area (Å²) in [6.07, 6.45) is 5.12. The summed E-state index contributed by atoms with van der Waals surface area (Å²) >= 11 is 6.45. The van der Waals surface area contributed by atoms with Gasteiger partial charge in [0.2, 0.25) is 5.91 Å². The molecule has 0 radical (unpaired) electrons. The molecule has 1 aliphatic rings. The molecule has 1 amide bonds. The molecular formula is C26H21ClF2N4O3. The average molecular weight is 511 g/mol. The second kappa shape index (κ2) is 9.58. The van der Waals surface area contributed by atoms with E-state index in [0.717, 1.165) is 12.1 Å². The molecule has 3 heterocycles. The quantitative estimate of drug-likeness (QED) is 0.354. The zero-order valence-corrected chi connectivity index (χ0v) is 19.8. The maximum atomic E-state index is 13.9. The predicted molar refractivity (Wildman–Crippen MR) is 131 cm³/mol. The summed E-state index contributed by atoms with van der Waals surface area (Å²) in [5.41, 5.74) is 1.68. The smallest absolute Gasteiger partial charge is 0.334 e. The van der Waals surface area contributed by atoms with E-state index < -0.39 is 11.6 Å². The molecule has 4 aromatic rings. The molecule has 7 nitrogen and oxygen atoms in total. The van der Waals surface area contributed by atoms with Crippen molar-refractivity contribution in [2.75, 3.05) is 13.1 Å². The fourth-order valence-corrected chi connectivity index (χ4v) is 4.72. The third-order valence-electron chi connectivity index (χ3n) is 6.26. The van der Waals surface area contributed by atoms with Crippen LogP contribution in [-0.4, -0.2) is 38.0 Å². The molecule has 0 saturated carbocycles. The van der Waals surface area contributed by atoms with Gasteiger partial charge in [-0.1, -0.05) is 18.2 Å². The lowest BCUT2D eigenvalue weighted by atomic mass is 10.2. The molecule has 10 heteroatoms. The van der Waals surface area contributed by atoms with E-state index in [4.69, 9.17) is 16.3 Å². The molecule has 184 valence electrons. The van der Waals surface area contributed by atoms with Gasteiger partial charge in [0.15, 0.2) is 0 Å². The Morgan fingerprint density at radius 3 is 2.78 bits per heavy atom. The van der Waals surface area contributed by atoms with Gasteiger partial charge in [-0.25, -0.2) is 13.6 Å². The Kier molecular flexibility index (Phi) is 6.32. The van der Waals surface area contributed by atoms with Crippen LogP contribution in [0.15, 0.2) is 72.3 Å². The van der Waals surface area contributed by atoms with E-state index in [2.05, 4.69) is 11.6 Å². The lowest BCUT2D eigenvalue weighted by Crippen LogP contribution is -2.31. The standard InChI is InChI=1S/C26H21ClF2N4O3/c1-2-25(34)31-10-8-19(14-31)33-22-7-9-30-13-23(22)32(26(33)35)18-5-6-24(20(27)12-18)36-15-16-3-4-17(28)11-21(16)29/h2-7,9,11-13,19H,1,8,10,14-15H2/t19-/m1/s1. The minimum atomic E-state index is -0.713. The number of fused-ring (bicyclic) bond motifs is 1. The number of rotatable bonds is 6. The highest BCUT2D eigenvalue weighted by Gasteiger charge is 2.30. The average Bonchev–Trinajstić information content (AvgIpc) is 3.45. The van der Waals surface area contributed by atoms with Gasteiger partial charge in [0.25, 0.3) is 0 Å². The van der Waals surface area contributed by atoms with Crippen LogP contribution in [0.1, 0.15) is 18.0 Å². The van der Waals surface area contributed by atoms with Crippen molar-refractivity contribution in [1.82, 2.24) is 19.0 Å². The number of carbonyl (C=O) groups excluding carboxylic acids is 1. The zero-order valence-electron chi connectivity index (χ0n) is 19.0. The first kappa shape index (κ1) is 23.7. The van der Waals surface area contributed by atoms with Gasteiger partial charge in [-0.3, -0.25) is 18.9 Å². The van der Waals surface area contributed by atoms with E-state index in [1.54, 1.807) is 46.1 Å². The fraction of sp³-hybridized carbons (Fsp3) is 0.192. The zero-order chi connectivity index (χ0) is 25.4. The minimum Gasteiger partial charge on any atom is -0.487 e. The van der Waals surface area contributed by atoms with E-state index in [1.165, 1.54) is 16.7 Å². The highest BCUT2D eigenvalue weighted by Crippen LogP contribution is 2.30. The van der Waals surface area contributed by atoms with Crippen molar-refractivity contribution in [2.45, 2.75) is 19.1 Å². The monoisotopic (exact) mass is 510 g/mol. The van der Waals surface area contributed by atoms with Crippen LogP contribution >= 0.6 is 11.6 Å². The molecule has 0 unspecified atom stereocenters. The number of carbonyl (C=O) groups is 1. The van der Waals surface area contributed by atoms with E-state index in [1.807, 2.05) is 0 Å². The van der Waals surface area contributed by atoms with Gasteiger partial charge in [0.05, 0.1) is 34.0 Å². The van der Waals surface area contributed by atoms with Crippen molar-refractivity contribution in [1.29, 1.82) is 0 Å². The van der Waals surface area contributed by atoms with Crippen LogP contribution in [0.3, 0.4) is 0 Å². The van der Waals surface area contributed by atoms with Crippen LogP contribution in [0.4, 0.5) is 8.78 Å². The Bertz CT molecular complexity index is 1550. The van der Waals surface area contributed by atoms with E-state index in [0.29, 0.717) is 36.2 Å². The summed E-state index contributed by atoms with van der Waals surface area (Å²) in [6, 6.07) is 9.65. The van der Waals surface area contributed by atoms with Crippen LogP contribution in [-0.2, 0) is 11.4 Å². The van der Waals surface area contributed by atoms with Gasteiger partial charge in [0.1, 0.15) is 24.0 Å². The summed E-state index contributed by atoms with van der Waals surface area (Å²) in [6.45, 7) is 4.33. The summed E-state index contributed by atoms with van der Waals surface area (Å²) in [5.74, 6) is -1.27. The van der Waals surface area contributed by atoms with Crippen LogP contribution in [0.2, 0.25) is 5.02 Å². The number of ether oxygens (including phenoxy) is 1. The Morgan fingerprint density at radius 2 is 2.03 bits per heavy atom. The van der Waals surface area contributed by atoms with Crippen molar-refractivity contribution in [3.05, 3.63) is 100 Å². The SMILES string of the molecule is C=CC(=O)N1CC[C@@H](n2c(=O)n(-c3ccc(OCc4ccc(F)cc4F)c(Cl)c3)c3cnccc32)C1. The number of hydrogen-bond donors (Lipinski definition) is 0. The fourth-order valence-electron chi connectivity index (χ4n) is 4.49. The van der Waals surface area contributed by atoms with Gasteiger partial charge >= 0.3 is 5.69 Å². The third-order valence-corrected chi connectivity index (χ3v) is 6.56. The lowest BCUT2D eigenvalue weighted by Gasteiger charge is -2.15. The first-order valence-corrected chi connectivity index (χ1v) is 11.6. The van der Waals surface area contributed by atoms with Gasteiger partial charge in [-0.2, -0.15) is 0 Å². The Labute approximate surface area is 209 Å². The molecular weight excluding hydrogens is 490 g/mol. The largest absolute Gasteiger partial charge is 0.487 e. The predicted octanol–water partition coefficient (Wildman–Crippen LogP) is 4.66.